The van der Waals surface area contributed by atoms with Gasteiger partial charge in [0, 0.05) is 35.1 Å². The Kier molecular flexibility index (Phi) is 3.20. The van der Waals surface area contributed by atoms with Crippen LogP contribution in [0.4, 0.5) is 0 Å². The summed E-state index contributed by atoms with van der Waals surface area (Å²) in [5.41, 5.74) is 1.33. The number of hydrogen-bond donors (Lipinski definition) is 0. The molecule has 0 bridgehead atoms. The maximum absolute atomic E-state index is 11.2. The monoisotopic (exact) mass is 181 g/mol. The minimum absolute atomic E-state index is 0. The van der Waals surface area contributed by atoms with Crippen LogP contribution in [0.2, 0.25) is 0 Å². The van der Waals surface area contributed by atoms with E-state index in [2.05, 4.69) is 0 Å². The quantitative estimate of drug-likeness (QED) is 0.443. The molecule has 1 aromatic rings. The van der Waals surface area contributed by atoms with Crippen LogP contribution >= 0.6 is 0 Å². The van der Waals surface area contributed by atoms with E-state index in [1.165, 1.54) is 6.08 Å². The molecule has 59 valence electrons. The van der Waals surface area contributed by atoms with Crippen molar-refractivity contribution in [3.63, 3.8) is 0 Å². The Morgan fingerprint density at radius 3 is 2.38 bits per heavy atom. The van der Waals surface area contributed by atoms with Crippen LogP contribution in [0.25, 0.3) is 6.08 Å². The van der Waals surface area contributed by atoms with Crippen molar-refractivity contribution in [2.24, 2.45) is 0 Å². The summed E-state index contributed by atoms with van der Waals surface area (Å²) < 4.78 is 0. The number of carbonyl (C=O) groups excluding carboxylic acids is 2. The molecule has 1 aliphatic rings. The summed E-state index contributed by atoms with van der Waals surface area (Å²) in [6.45, 7) is 0. The molecule has 0 aromatic heterocycles. The molecular weight excluding hydrogens is 175 g/mol. The van der Waals surface area contributed by atoms with Crippen LogP contribution < -0.4 is 0 Å². The minimum atomic E-state index is -0.436. The van der Waals surface area contributed by atoms with Gasteiger partial charge < -0.3 is 0 Å². The summed E-state index contributed by atoms with van der Waals surface area (Å²) in [4.78, 5) is 22.1. The van der Waals surface area contributed by atoms with Crippen LogP contribution in [0.1, 0.15) is 15.9 Å². The fourth-order valence-corrected chi connectivity index (χ4v) is 1.22. The summed E-state index contributed by atoms with van der Waals surface area (Å²) in [7, 11) is 0. The van der Waals surface area contributed by atoms with Crippen LogP contribution in [-0.2, 0) is 4.79 Å². The summed E-state index contributed by atoms with van der Waals surface area (Å²) in [5.74, 6) is -0.846. The van der Waals surface area contributed by atoms with Gasteiger partial charge in [-0.1, -0.05) is 30.3 Å². The van der Waals surface area contributed by atoms with E-state index in [0.29, 0.717) is 5.56 Å². The molecule has 0 fully saturated rings. The number of fused-ring (bicyclic) bond motifs is 1. The van der Waals surface area contributed by atoms with Gasteiger partial charge in [0.05, 0.1) is 0 Å². The second-order valence-electron chi connectivity index (χ2n) is 2.61. The standard InChI is InChI=1S/C10H6O2.Na/c11-9-6-5-7-3-1-2-4-8(7)10(9)12;/h1-6H;. The molecule has 3 heteroatoms. The summed E-state index contributed by atoms with van der Waals surface area (Å²) in [6, 6.07) is 7.07. The van der Waals surface area contributed by atoms with Crippen LogP contribution in [0, 0.1) is 0 Å². The zero-order chi connectivity index (χ0) is 8.55. The normalized spacial score (nSPS) is 13.5. The van der Waals surface area contributed by atoms with Crippen molar-refractivity contribution in [1.82, 2.24) is 0 Å². The van der Waals surface area contributed by atoms with Crippen LogP contribution in [0.15, 0.2) is 30.3 Å². The molecule has 0 saturated heterocycles. The Morgan fingerprint density at radius 1 is 0.923 bits per heavy atom. The van der Waals surface area contributed by atoms with Gasteiger partial charge in [-0.05, 0) is 11.6 Å². The van der Waals surface area contributed by atoms with E-state index in [1.807, 2.05) is 12.1 Å². The Hall–Kier alpha value is -0.700. The van der Waals surface area contributed by atoms with Crippen molar-refractivity contribution in [3.05, 3.63) is 41.5 Å². The zero-order valence-electron chi connectivity index (χ0n) is 7.28. The number of allylic oxidation sites excluding steroid dienone is 1. The van der Waals surface area contributed by atoms with E-state index in [4.69, 9.17) is 0 Å². The summed E-state index contributed by atoms with van der Waals surface area (Å²) >= 11 is 0. The van der Waals surface area contributed by atoms with Gasteiger partial charge in [0.1, 0.15) is 0 Å². The van der Waals surface area contributed by atoms with Gasteiger partial charge in [-0.3, -0.25) is 9.59 Å². The van der Waals surface area contributed by atoms with Crippen molar-refractivity contribution in [2.45, 2.75) is 0 Å². The van der Waals surface area contributed by atoms with Gasteiger partial charge in [0.2, 0.25) is 11.6 Å². The first-order chi connectivity index (χ1) is 5.79. The van der Waals surface area contributed by atoms with Crippen molar-refractivity contribution in [2.75, 3.05) is 0 Å². The molecule has 1 radical (unpaired) electrons. The molecular formula is C10H6NaO2. The van der Waals surface area contributed by atoms with E-state index < -0.39 is 11.6 Å². The number of Topliss-reactive ketones (excluding diaryl/α,β-unsaturated/α-hetero) is 1. The Bertz CT molecular complexity index is 394. The number of hydrogen-bond acceptors (Lipinski definition) is 2. The van der Waals surface area contributed by atoms with Crippen molar-refractivity contribution >= 4 is 47.2 Å². The largest absolute Gasteiger partial charge is 0.286 e. The smallest absolute Gasteiger partial charge is 0.233 e. The van der Waals surface area contributed by atoms with Crippen molar-refractivity contribution < 1.29 is 9.59 Å². The van der Waals surface area contributed by atoms with Crippen molar-refractivity contribution in [1.29, 1.82) is 0 Å². The summed E-state index contributed by atoms with van der Waals surface area (Å²) in [6.07, 6.45) is 2.98. The van der Waals surface area contributed by atoms with Gasteiger partial charge >= 0.3 is 0 Å². The SMILES string of the molecule is O=C1C=Cc2ccccc2C1=O.[Na]. The Labute approximate surface area is 97.9 Å². The maximum Gasteiger partial charge on any atom is 0.233 e. The predicted molar refractivity (Wildman–Crippen MR) is 50.6 cm³/mol. The Balaban J connectivity index is 0.000000845. The predicted octanol–water partition coefficient (Wildman–Crippen LogP) is 1.08. The van der Waals surface area contributed by atoms with Crippen LogP contribution in [0.5, 0.6) is 0 Å². The third-order valence-electron chi connectivity index (χ3n) is 1.84. The van der Waals surface area contributed by atoms with Gasteiger partial charge in [-0.15, -0.1) is 0 Å². The summed E-state index contributed by atoms with van der Waals surface area (Å²) in [5, 5.41) is 0. The fourth-order valence-electron chi connectivity index (χ4n) is 1.22. The third-order valence-corrected chi connectivity index (χ3v) is 1.84. The molecule has 0 N–H and O–H groups in total. The number of benzene rings is 1. The molecule has 0 saturated carbocycles. The van der Waals surface area contributed by atoms with Crippen LogP contribution in [0.3, 0.4) is 0 Å². The van der Waals surface area contributed by atoms with Crippen molar-refractivity contribution in [3.8, 4) is 0 Å². The molecule has 0 spiro atoms. The third kappa shape index (κ3) is 1.80. The molecule has 1 aromatic carbocycles. The molecule has 2 rings (SSSR count). The second-order valence-corrected chi connectivity index (χ2v) is 2.61. The molecule has 0 atom stereocenters. The fraction of sp³-hybridized carbons (Fsp3) is 0. The van der Waals surface area contributed by atoms with Gasteiger partial charge in [0.25, 0.3) is 0 Å². The second kappa shape index (κ2) is 4.01. The topological polar surface area (TPSA) is 34.1 Å². The first kappa shape index (κ1) is 10.4. The molecule has 0 heterocycles. The molecule has 0 unspecified atom stereocenters. The molecule has 0 aliphatic heterocycles. The zero-order valence-corrected chi connectivity index (χ0v) is 9.28. The van der Waals surface area contributed by atoms with E-state index in [-0.39, 0.29) is 29.6 Å². The van der Waals surface area contributed by atoms with Gasteiger partial charge in [-0.25, -0.2) is 0 Å². The number of rotatable bonds is 0. The van der Waals surface area contributed by atoms with E-state index in [9.17, 15) is 9.59 Å². The average Bonchev–Trinajstić information content (AvgIpc) is 2.12. The average molecular weight is 181 g/mol. The van der Waals surface area contributed by atoms with E-state index in [0.717, 1.165) is 5.56 Å². The first-order valence-corrected chi connectivity index (χ1v) is 3.65. The molecule has 0 amide bonds. The maximum atomic E-state index is 11.2. The number of carbonyl (C=O) groups is 2. The van der Waals surface area contributed by atoms with Gasteiger partial charge in [-0.2, -0.15) is 0 Å². The van der Waals surface area contributed by atoms with Gasteiger partial charge in [0.15, 0.2) is 0 Å². The van der Waals surface area contributed by atoms with E-state index >= 15 is 0 Å². The Morgan fingerprint density at radius 2 is 1.62 bits per heavy atom. The molecule has 13 heavy (non-hydrogen) atoms. The van der Waals surface area contributed by atoms with Crippen LogP contribution in [-0.4, -0.2) is 41.1 Å². The molecule has 1 aliphatic carbocycles. The molecule has 2 nitrogen and oxygen atoms in total. The van der Waals surface area contributed by atoms with E-state index in [1.54, 1.807) is 18.2 Å². The first-order valence-electron chi connectivity index (χ1n) is 3.65. The number of ketones is 2. The minimum Gasteiger partial charge on any atom is -0.286 e.